The summed E-state index contributed by atoms with van der Waals surface area (Å²) in [5.74, 6) is -2.67. The zero-order valence-electron chi connectivity index (χ0n) is 22.0. The van der Waals surface area contributed by atoms with Crippen LogP contribution >= 0.6 is 15.9 Å². The number of esters is 1. The van der Waals surface area contributed by atoms with Crippen LogP contribution in [0.5, 0.6) is 0 Å². The minimum atomic E-state index is -3.98. The van der Waals surface area contributed by atoms with E-state index in [0.29, 0.717) is 22.1 Å². The molecule has 1 aliphatic rings. The summed E-state index contributed by atoms with van der Waals surface area (Å²) in [7, 11) is -1.37. The highest BCUT2D eigenvalue weighted by atomic mass is 79.9. The Kier molecular flexibility index (Phi) is 8.00. The molecule has 0 bridgehead atoms. The van der Waals surface area contributed by atoms with Gasteiger partial charge in [0.25, 0.3) is 5.91 Å². The standard InChI is InChI=1S/C29H25BrF2N2O6S/c1-33-28(35)24-21-12-20(15-3-4-15)18(11-23(21)40-27(24)16-5-8-19(31)9-6-16)14-41(37,38)34-13-17-7-10-22(30)25(26(17)32)29(36)39-2/h5-12,15,34H,3-4,13-14H2,1-2H3,(H,33,35). The Hall–Kier alpha value is -3.61. The molecule has 0 spiro atoms. The van der Waals surface area contributed by atoms with Crippen molar-refractivity contribution in [2.45, 2.75) is 31.1 Å². The quantitative estimate of drug-likeness (QED) is 0.223. The van der Waals surface area contributed by atoms with Crippen molar-refractivity contribution in [1.29, 1.82) is 0 Å². The first-order valence-electron chi connectivity index (χ1n) is 12.6. The second-order valence-electron chi connectivity index (χ2n) is 9.68. The molecule has 41 heavy (non-hydrogen) atoms. The summed E-state index contributed by atoms with van der Waals surface area (Å²) in [6.45, 7) is -0.386. The number of hydrogen-bond donors (Lipinski definition) is 2. The van der Waals surface area contributed by atoms with Gasteiger partial charge < -0.3 is 14.5 Å². The molecule has 1 heterocycles. The van der Waals surface area contributed by atoms with E-state index in [4.69, 9.17) is 4.42 Å². The number of furan rings is 1. The fourth-order valence-corrected chi connectivity index (χ4v) is 6.33. The first-order chi connectivity index (χ1) is 19.5. The van der Waals surface area contributed by atoms with E-state index in [1.807, 2.05) is 0 Å². The maximum absolute atomic E-state index is 15.0. The molecule has 1 aromatic heterocycles. The monoisotopic (exact) mass is 646 g/mol. The van der Waals surface area contributed by atoms with E-state index in [0.717, 1.165) is 25.5 Å². The lowest BCUT2D eigenvalue weighted by atomic mass is 9.98. The van der Waals surface area contributed by atoms with Gasteiger partial charge in [-0.2, -0.15) is 0 Å². The second-order valence-corrected chi connectivity index (χ2v) is 12.3. The predicted octanol–water partition coefficient (Wildman–Crippen LogP) is 5.78. The number of rotatable bonds is 9. The van der Waals surface area contributed by atoms with Crippen molar-refractivity contribution in [3.8, 4) is 11.3 Å². The Morgan fingerprint density at radius 3 is 2.39 bits per heavy atom. The van der Waals surface area contributed by atoms with Gasteiger partial charge in [0.05, 0.1) is 18.4 Å². The van der Waals surface area contributed by atoms with E-state index in [-0.39, 0.29) is 39.4 Å². The Bertz CT molecular complexity index is 1780. The lowest BCUT2D eigenvalue weighted by molar-refractivity contribution is 0.0594. The van der Waals surface area contributed by atoms with E-state index < -0.39 is 39.3 Å². The van der Waals surface area contributed by atoms with Gasteiger partial charge >= 0.3 is 5.97 Å². The van der Waals surface area contributed by atoms with Crippen LogP contribution in [-0.2, 0) is 27.1 Å². The van der Waals surface area contributed by atoms with Crippen molar-refractivity contribution in [2.75, 3.05) is 14.2 Å². The number of halogens is 3. The highest BCUT2D eigenvalue weighted by Crippen LogP contribution is 2.45. The molecule has 214 valence electrons. The number of amides is 1. The third-order valence-electron chi connectivity index (χ3n) is 6.92. The zero-order valence-corrected chi connectivity index (χ0v) is 24.4. The second kappa shape index (κ2) is 11.3. The lowest BCUT2D eigenvalue weighted by Crippen LogP contribution is -2.26. The maximum atomic E-state index is 15.0. The summed E-state index contributed by atoms with van der Waals surface area (Å²) >= 11 is 3.11. The maximum Gasteiger partial charge on any atom is 0.342 e. The molecule has 0 saturated heterocycles. The van der Waals surface area contributed by atoms with Crippen LogP contribution in [0.1, 0.15) is 56.2 Å². The number of carbonyl (C=O) groups is 2. The summed E-state index contributed by atoms with van der Waals surface area (Å²) in [5.41, 5.74) is 1.99. The highest BCUT2D eigenvalue weighted by molar-refractivity contribution is 9.10. The van der Waals surface area contributed by atoms with Gasteiger partial charge in [0, 0.05) is 34.6 Å². The Balaban J connectivity index is 1.50. The van der Waals surface area contributed by atoms with Gasteiger partial charge in [-0.25, -0.2) is 26.7 Å². The van der Waals surface area contributed by atoms with Crippen LogP contribution in [0, 0.1) is 11.6 Å². The van der Waals surface area contributed by atoms with Crippen LogP contribution < -0.4 is 10.0 Å². The van der Waals surface area contributed by atoms with Crippen molar-refractivity contribution in [3.63, 3.8) is 0 Å². The molecule has 0 radical (unpaired) electrons. The summed E-state index contributed by atoms with van der Waals surface area (Å²) in [4.78, 5) is 24.9. The number of carbonyl (C=O) groups excluding carboxylic acids is 2. The van der Waals surface area contributed by atoms with Crippen LogP contribution in [0.15, 0.2) is 57.4 Å². The van der Waals surface area contributed by atoms with E-state index in [9.17, 15) is 26.8 Å². The lowest BCUT2D eigenvalue weighted by Gasteiger charge is -2.13. The zero-order chi connectivity index (χ0) is 29.5. The first kappa shape index (κ1) is 28.9. The summed E-state index contributed by atoms with van der Waals surface area (Å²) < 4.78 is 68.2. The molecular weight excluding hydrogens is 622 g/mol. The van der Waals surface area contributed by atoms with E-state index in [1.165, 1.54) is 43.4 Å². The van der Waals surface area contributed by atoms with Gasteiger partial charge in [0.15, 0.2) is 0 Å². The SMILES string of the molecule is CNC(=O)c1c(-c2ccc(F)cc2)oc2cc(CS(=O)(=O)NCc3ccc(Br)c(C(=O)OC)c3F)c(C3CC3)cc12. The van der Waals surface area contributed by atoms with Crippen molar-refractivity contribution < 1.29 is 35.9 Å². The highest BCUT2D eigenvalue weighted by Gasteiger charge is 2.31. The number of sulfonamides is 1. The Morgan fingerprint density at radius 1 is 1.05 bits per heavy atom. The third kappa shape index (κ3) is 5.90. The van der Waals surface area contributed by atoms with Crippen LogP contribution in [0.2, 0.25) is 0 Å². The summed E-state index contributed by atoms with van der Waals surface area (Å²) in [6.07, 6.45) is 1.73. The van der Waals surface area contributed by atoms with Crippen molar-refractivity contribution in [2.24, 2.45) is 0 Å². The van der Waals surface area contributed by atoms with Gasteiger partial charge in [-0.15, -0.1) is 0 Å². The van der Waals surface area contributed by atoms with Crippen molar-refractivity contribution in [1.82, 2.24) is 10.0 Å². The van der Waals surface area contributed by atoms with Gasteiger partial charge in [-0.3, -0.25) is 4.79 Å². The fraction of sp³-hybridized carbons (Fsp3) is 0.241. The van der Waals surface area contributed by atoms with Crippen molar-refractivity contribution >= 4 is 48.8 Å². The number of hydrogen-bond acceptors (Lipinski definition) is 6. The van der Waals surface area contributed by atoms with Gasteiger partial charge in [0.2, 0.25) is 10.0 Å². The molecule has 2 N–H and O–H groups in total. The Labute approximate surface area is 243 Å². The van der Waals surface area contributed by atoms with Crippen LogP contribution in [0.4, 0.5) is 8.78 Å². The third-order valence-corrected chi connectivity index (χ3v) is 8.85. The number of methoxy groups -OCH3 is 1. The average molecular weight is 647 g/mol. The number of benzene rings is 3. The number of nitrogens with one attached hydrogen (secondary N) is 2. The summed E-state index contributed by atoms with van der Waals surface area (Å²) in [6, 6.07) is 11.7. The molecule has 12 heteroatoms. The molecule has 4 aromatic rings. The Morgan fingerprint density at radius 2 is 1.76 bits per heavy atom. The topological polar surface area (TPSA) is 115 Å². The van der Waals surface area contributed by atoms with E-state index in [1.54, 1.807) is 12.1 Å². The van der Waals surface area contributed by atoms with Gasteiger partial charge in [-0.05, 0) is 88.3 Å². The minimum absolute atomic E-state index is 0.0276. The predicted molar refractivity (Wildman–Crippen MR) is 152 cm³/mol. The molecule has 3 aromatic carbocycles. The normalized spacial score (nSPS) is 13.4. The summed E-state index contributed by atoms with van der Waals surface area (Å²) in [5, 5.41) is 3.13. The molecule has 1 aliphatic carbocycles. The molecule has 0 aliphatic heterocycles. The molecule has 0 unspecified atom stereocenters. The smallest absolute Gasteiger partial charge is 0.342 e. The molecular formula is C29H25BrF2N2O6S. The van der Waals surface area contributed by atoms with Crippen LogP contribution in [0.3, 0.4) is 0 Å². The van der Waals surface area contributed by atoms with Crippen molar-refractivity contribution in [3.05, 3.63) is 92.5 Å². The number of fused-ring (bicyclic) bond motifs is 1. The average Bonchev–Trinajstić information content (AvgIpc) is 3.72. The number of ether oxygens (including phenoxy) is 1. The largest absolute Gasteiger partial charge is 0.465 e. The van der Waals surface area contributed by atoms with Crippen LogP contribution in [-0.4, -0.2) is 34.5 Å². The van der Waals surface area contributed by atoms with E-state index >= 15 is 0 Å². The van der Waals surface area contributed by atoms with Gasteiger partial charge in [0.1, 0.15) is 28.5 Å². The van der Waals surface area contributed by atoms with Crippen LogP contribution in [0.25, 0.3) is 22.3 Å². The first-order valence-corrected chi connectivity index (χ1v) is 15.1. The molecule has 8 nitrogen and oxygen atoms in total. The molecule has 5 rings (SSSR count). The van der Waals surface area contributed by atoms with E-state index in [2.05, 4.69) is 30.7 Å². The molecule has 1 fully saturated rings. The molecule has 1 amide bonds. The molecule has 0 atom stereocenters. The molecule has 1 saturated carbocycles. The fourth-order valence-electron chi connectivity index (χ4n) is 4.72. The minimum Gasteiger partial charge on any atom is -0.465 e. The van der Waals surface area contributed by atoms with Gasteiger partial charge in [-0.1, -0.05) is 6.07 Å².